The van der Waals surface area contributed by atoms with Crippen LogP contribution in [-0.2, 0) is 13.1 Å². The van der Waals surface area contributed by atoms with Crippen LogP contribution in [-0.4, -0.2) is 16.7 Å². The molecule has 2 aromatic carbocycles. The van der Waals surface area contributed by atoms with Crippen molar-refractivity contribution in [1.82, 2.24) is 9.55 Å². The number of benzene rings is 2. The van der Waals surface area contributed by atoms with Crippen LogP contribution in [0.15, 0.2) is 42.5 Å². The maximum Gasteiger partial charge on any atom is 0.123 e. The van der Waals surface area contributed by atoms with Gasteiger partial charge in [-0.05, 0) is 30.7 Å². The number of aromatic nitrogens is 2. The number of imidazole rings is 1. The SMILES string of the molecule is COc1cc(Cn2c(C)nc3ccccc32)ccc1CN. The monoisotopic (exact) mass is 281 g/mol. The predicted molar refractivity (Wildman–Crippen MR) is 84.5 cm³/mol. The minimum atomic E-state index is 0.483. The Balaban J connectivity index is 2.00. The molecule has 3 rings (SSSR count). The lowest BCUT2D eigenvalue weighted by atomic mass is 10.1. The van der Waals surface area contributed by atoms with Gasteiger partial charge in [0.25, 0.3) is 0 Å². The van der Waals surface area contributed by atoms with Gasteiger partial charge in [-0.25, -0.2) is 4.98 Å². The molecule has 0 radical (unpaired) electrons. The number of aryl methyl sites for hydroxylation is 1. The van der Waals surface area contributed by atoms with Crippen molar-refractivity contribution in [2.24, 2.45) is 5.73 Å². The van der Waals surface area contributed by atoms with Gasteiger partial charge in [-0.1, -0.05) is 24.3 Å². The lowest BCUT2D eigenvalue weighted by molar-refractivity contribution is 0.409. The third-order valence-corrected chi connectivity index (χ3v) is 3.76. The zero-order chi connectivity index (χ0) is 14.8. The van der Waals surface area contributed by atoms with Gasteiger partial charge < -0.3 is 15.0 Å². The summed E-state index contributed by atoms with van der Waals surface area (Å²) >= 11 is 0. The molecule has 1 aromatic heterocycles. The minimum Gasteiger partial charge on any atom is -0.496 e. The molecule has 0 saturated heterocycles. The summed E-state index contributed by atoms with van der Waals surface area (Å²) in [6.07, 6.45) is 0. The number of nitrogens with zero attached hydrogens (tertiary/aromatic N) is 2. The second kappa shape index (κ2) is 5.58. The largest absolute Gasteiger partial charge is 0.496 e. The number of nitrogens with two attached hydrogens (primary N) is 1. The molecule has 0 saturated carbocycles. The van der Waals surface area contributed by atoms with E-state index >= 15 is 0 Å². The van der Waals surface area contributed by atoms with Crippen molar-refractivity contribution < 1.29 is 4.74 Å². The molecule has 0 aliphatic carbocycles. The number of methoxy groups -OCH3 is 1. The molecular weight excluding hydrogens is 262 g/mol. The highest BCUT2D eigenvalue weighted by atomic mass is 16.5. The van der Waals surface area contributed by atoms with E-state index in [1.165, 1.54) is 5.56 Å². The molecule has 0 atom stereocenters. The average molecular weight is 281 g/mol. The number of rotatable bonds is 4. The van der Waals surface area contributed by atoms with Crippen LogP contribution in [0.2, 0.25) is 0 Å². The Kier molecular flexibility index (Phi) is 3.62. The maximum atomic E-state index is 5.72. The highest BCUT2D eigenvalue weighted by Gasteiger charge is 2.09. The van der Waals surface area contributed by atoms with Crippen molar-refractivity contribution in [2.75, 3.05) is 7.11 Å². The van der Waals surface area contributed by atoms with Gasteiger partial charge in [0.05, 0.1) is 18.1 Å². The van der Waals surface area contributed by atoms with Crippen LogP contribution in [0, 0.1) is 6.92 Å². The van der Waals surface area contributed by atoms with Gasteiger partial charge in [0.1, 0.15) is 11.6 Å². The molecule has 0 spiro atoms. The van der Waals surface area contributed by atoms with E-state index < -0.39 is 0 Å². The molecule has 3 aromatic rings. The topological polar surface area (TPSA) is 53.1 Å². The normalized spacial score (nSPS) is 11.0. The van der Waals surface area contributed by atoms with Gasteiger partial charge in [-0.3, -0.25) is 0 Å². The number of fused-ring (bicyclic) bond motifs is 1. The summed E-state index contributed by atoms with van der Waals surface area (Å²) in [5.74, 6) is 1.86. The van der Waals surface area contributed by atoms with Crippen molar-refractivity contribution in [3.8, 4) is 5.75 Å². The second-order valence-electron chi connectivity index (χ2n) is 5.08. The highest BCUT2D eigenvalue weighted by Crippen LogP contribution is 2.22. The Morgan fingerprint density at radius 1 is 1.19 bits per heavy atom. The van der Waals surface area contributed by atoms with Gasteiger partial charge in [-0.2, -0.15) is 0 Å². The molecule has 21 heavy (non-hydrogen) atoms. The number of hydrogen-bond donors (Lipinski definition) is 1. The molecular formula is C17H19N3O. The Hall–Kier alpha value is -2.33. The lowest BCUT2D eigenvalue weighted by Crippen LogP contribution is -2.04. The summed E-state index contributed by atoms with van der Waals surface area (Å²) in [7, 11) is 1.68. The predicted octanol–water partition coefficient (Wildman–Crippen LogP) is 2.86. The van der Waals surface area contributed by atoms with Crippen molar-refractivity contribution in [3.05, 3.63) is 59.4 Å². The highest BCUT2D eigenvalue weighted by molar-refractivity contribution is 5.76. The van der Waals surface area contributed by atoms with E-state index in [0.717, 1.165) is 34.7 Å². The Labute approximate surface area is 124 Å². The fraction of sp³-hybridized carbons (Fsp3) is 0.235. The van der Waals surface area contributed by atoms with E-state index in [0.29, 0.717) is 6.54 Å². The summed E-state index contributed by atoms with van der Waals surface area (Å²) in [6, 6.07) is 14.4. The van der Waals surface area contributed by atoms with E-state index in [1.807, 2.05) is 31.2 Å². The molecule has 2 N–H and O–H groups in total. The third kappa shape index (κ3) is 2.50. The van der Waals surface area contributed by atoms with Crippen LogP contribution in [0.3, 0.4) is 0 Å². The Bertz CT molecular complexity index is 777. The molecule has 1 heterocycles. The average Bonchev–Trinajstić information content (AvgIpc) is 2.83. The number of para-hydroxylation sites is 2. The van der Waals surface area contributed by atoms with Gasteiger partial charge in [0.2, 0.25) is 0 Å². The number of ether oxygens (including phenoxy) is 1. The fourth-order valence-electron chi connectivity index (χ4n) is 2.63. The summed E-state index contributed by atoms with van der Waals surface area (Å²) < 4.78 is 7.62. The summed E-state index contributed by atoms with van der Waals surface area (Å²) in [5.41, 5.74) is 10.1. The Morgan fingerprint density at radius 2 is 2.00 bits per heavy atom. The molecule has 4 nitrogen and oxygen atoms in total. The smallest absolute Gasteiger partial charge is 0.123 e. The standard InChI is InChI=1S/C17H19N3O/c1-12-19-15-5-3-4-6-16(15)20(12)11-13-7-8-14(10-18)17(9-13)21-2/h3-9H,10-11,18H2,1-2H3. The van der Waals surface area contributed by atoms with Crippen molar-refractivity contribution in [2.45, 2.75) is 20.0 Å². The van der Waals surface area contributed by atoms with Crippen molar-refractivity contribution >= 4 is 11.0 Å². The van der Waals surface area contributed by atoms with Gasteiger partial charge in [-0.15, -0.1) is 0 Å². The van der Waals surface area contributed by atoms with Crippen LogP contribution in [0.1, 0.15) is 17.0 Å². The molecule has 0 amide bonds. The van der Waals surface area contributed by atoms with E-state index in [-0.39, 0.29) is 0 Å². The van der Waals surface area contributed by atoms with Crippen molar-refractivity contribution in [3.63, 3.8) is 0 Å². The first-order valence-electron chi connectivity index (χ1n) is 7.00. The second-order valence-corrected chi connectivity index (χ2v) is 5.08. The summed E-state index contributed by atoms with van der Waals surface area (Å²) in [5, 5.41) is 0. The minimum absolute atomic E-state index is 0.483. The molecule has 0 bridgehead atoms. The lowest BCUT2D eigenvalue weighted by Gasteiger charge is -2.11. The van der Waals surface area contributed by atoms with Gasteiger partial charge in [0.15, 0.2) is 0 Å². The summed E-state index contributed by atoms with van der Waals surface area (Å²) in [4.78, 5) is 4.60. The van der Waals surface area contributed by atoms with Crippen LogP contribution >= 0.6 is 0 Å². The first-order valence-corrected chi connectivity index (χ1v) is 7.00. The first kappa shape index (κ1) is 13.6. The third-order valence-electron chi connectivity index (χ3n) is 3.76. The van der Waals surface area contributed by atoms with Crippen molar-refractivity contribution in [1.29, 1.82) is 0 Å². The van der Waals surface area contributed by atoms with E-state index in [1.54, 1.807) is 7.11 Å². The summed E-state index contributed by atoms with van der Waals surface area (Å²) in [6.45, 7) is 3.29. The maximum absolute atomic E-state index is 5.72. The van der Waals surface area contributed by atoms with Crippen LogP contribution in [0.5, 0.6) is 5.75 Å². The fourth-order valence-corrected chi connectivity index (χ4v) is 2.63. The number of hydrogen-bond acceptors (Lipinski definition) is 3. The van der Waals surface area contributed by atoms with Crippen LogP contribution in [0.4, 0.5) is 0 Å². The molecule has 0 aliphatic heterocycles. The van der Waals surface area contributed by atoms with Crippen LogP contribution in [0.25, 0.3) is 11.0 Å². The molecule has 0 unspecified atom stereocenters. The first-order chi connectivity index (χ1) is 10.2. The van der Waals surface area contributed by atoms with Gasteiger partial charge >= 0.3 is 0 Å². The molecule has 108 valence electrons. The zero-order valence-electron chi connectivity index (χ0n) is 12.3. The van der Waals surface area contributed by atoms with Crippen LogP contribution < -0.4 is 10.5 Å². The Morgan fingerprint density at radius 3 is 2.76 bits per heavy atom. The van der Waals surface area contributed by atoms with Gasteiger partial charge in [0, 0.05) is 18.7 Å². The quantitative estimate of drug-likeness (QED) is 0.800. The molecule has 0 aliphatic rings. The van der Waals surface area contributed by atoms with E-state index in [2.05, 4.69) is 27.8 Å². The molecule has 0 fully saturated rings. The van der Waals surface area contributed by atoms with E-state index in [4.69, 9.17) is 10.5 Å². The zero-order valence-corrected chi connectivity index (χ0v) is 12.3. The van der Waals surface area contributed by atoms with E-state index in [9.17, 15) is 0 Å². The molecule has 4 heteroatoms.